The van der Waals surface area contributed by atoms with Crippen molar-refractivity contribution in [2.75, 3.05) is 7.11 Å². The van der Waals surface area contributed by atoms with Gasteiger partial charge in [-0.3, -0.25) is 4.79 Å². The van der Waals surface area contributed by atoms with Crippen LogP contribution in [-0.4, -0.2) is 36.4 Å². The Labute approximate surface area is 198 Å². The van der Waals surface area contributed by atoms with Crippen LogP contribution < -0.4 is 9.46 Å². The third-order valence-electron chi connectivity index (χ3n) is 4.59. The molecule has 16 heteroatoms. The zero-order valence-electron chi connectivity index (χ0n) is 17.5. The molecule has 1 aromatic heterocycles. The Morgan fingerprint density at radius 3 is 2.09 bits per heavy atom. The van der Waals surface area contributed by atoms with E-state index in [0.29, 0.717) is 5.75 Å². The van der Waals surface area contributed by atoms with Crippen molar-refractivity contribution in [3.8, 4) is 11.4 Å². The van der Waals surface area contributed by atoms with E-state index in [0.717, 1.165) is 4.68 Å². The van der Waals surface area contributed by atoms with E-state index < -0.39 is 50.0 Å². The molecule has 1 heterocycles. The van der Waals surface area contributed by atoms with Crippen molar-refractivity contribution in [1.29, 1.82) is 0 Å². The Bertz CT molecular complexity index is 1370. The predicted molar refractivity (Wildman–Crippen MR) is 109 cm³/mol. The zero-order valence-corrected chi connectivity index (χ0v) is 19.1. The Morgan fingerprint density at radius 2 is 1.60 bits per heavy atom. The smallest absolute Gasteiger partial charge is 0.416 e. The number of nitrogens with one attached hydrogen (secondary N) is 1. The number of hydrogen-bond donors (Lipinski definition) is 1. The molecule has 3 aromatic rings. The van der Waals surface area contributed by atoms with Gasteiger partial charge >= 0.3 is 12.4 Å². The quantitative estimate of drug-likeness (QED) is 0.480. The van der Waals surface area contributed by atoms with Crippen LogP contribution in [0.25, 0.3) is 5.69 Å². The van der Waals surface area contributed by atoms with Crippen LogP contribution in [0.2, 0.25) is 5.02 Å². The fraction of sp³-hybridized carbons (Fsp3) is 0.211. The fourth-order valence-electron chi connectivity index (χ4n) is 2.86. The van der Waals surface area contributed by atoms with Crippen molar-refractivity contribution in [3.63, 3.8) is 0 Å². The number of hydrogen-bond acceptors (Lipinski definition) is 6. The average Bonchev–Trinajstić information content (AvgIpc) is 3.13. The van der Waals surface area contributed by atoms with Gasteiger partial charge in [0.1, 0.15) is 5.75 Å². The number of alkyl halides is 6. The van der Waals surface area contributed by atoms with Gasteiger partial charge in [-0.05, 0) is 37.3 Å². The summed E-state index contributed by atoms with van der Waals surface area (Å²) in [4.78, 5) is 11.1. The second-order valence-electron chi connectivity index (χ2n) is 6.93. The summed E-state index contributed by atoms with van der Waals surface area (Å²) in [6.07, 6.45) is -10.6. The molecule has 2 aromatic carbocycles. The van der Waals surface area contributed by atoms with E-state index in [9.17, 15) is 39.6 Å². The van der Waals surface area contributed by atoms with Gasteiger partial charge in [0, 0.05) is 6.07 Å². The Hall–Kier alpha value is -3.33. The number of aromatic nitrogens is 3. The van der Waals surface area contributed by atoms with E-state index in [2.05, 4.69) is 10.3 Å². The highest BCUT2D eigenvalue weighted by molar-refractivity contribution is 7.90. The van der Waals surface area contributed by atoms with Crippen LogP contribution in [-0.2, 0) is 22.4 Å². The Kier molecular flexibility index (Phi) is 6.78. The van der Waals surface area contributed by atoms with Gasteiger partial charge in [-0.1, -0.05) is 16.8 Å². The van der Waals surface area contributed by atoms with Gasteiger partial charge in [-0.2, -0.15) is 26.3 Å². The molecule has 8 nitrogen and oxygen atoms in total. The first-order chi connectivity index (χ1) is 16.0. The minimum Gasteiger partial charge on any atom is -0.497 e. The molecule has 0 unspecified atom stereocenters. The molecule has 1 amide bonds. The second kappa shape index (κ2) is 9.03. The van der Waals surface area contributed by atoms with Gasteiger partial charge < -0.3 is 4.74 Å². The normalized spacial score (nSPS) is 12.5. The van der Waals surface area contributed by atoms with E-state index >= 15 is 0 Å². The topological polar surface area (TPSA) is 103 Å². The summed E-state index contributed by atoms with van der Waals surface area (Å²) in [5, 5.41) is 7.39. The lowest BCUT2D eigenvalue weighted by atomic mass is 10.1. The average molecular weight is 543 g/mol. The highest BCUT2D eigenvalue weighted by Crippen LogP contribution is 2.37. The number of rotatable bonds is 5. The first-order valence-electron chi connectivity index (χ1n) is 9.17. The van der Waals surface area contributed by atoms with Crippen LogP contribution >= 0.6 is 11.6 Å². The summed E-state index contributed by atoms with van der Waals surface area (Å²) in [6.45, 7) is 1.31. The van der Waals surface area contributed by atoms with Gasteiger partial charge in [0.05, 0.1) is 39.5 Å². The van der Waals surface area contributed by atoms with Gasteiger partial charge in [-0.25, -0.2) is 17.8 Å². The van der Waals surface area contributed by atoms with Crippen molar-refractivity contribution in [3.05, 3.63) is 63.9 Å². The fourth-order valence-corrected chi connectivity index (χ4v) is 4.14. The molecule has 0 aliphatic heterocycles. The predicted octanol–water partition coefficient (Wildman–Crippen LogP) is 4.39. The number of benzene rings is 2. The van der Waals surface area contributed by atoms with Crippen LogP contribution in [0, 0.1) is 6.92 Å². The monoisotopic (exact) mass is 542 g/mol. The molecule has 0 fully saturated rings. The third-order valence-corrected chi connectivity index (χ3v) is 6.20. The molecule has 0 saturated carbocycles. The summed E-state index contributed by atoms with van der Waals surface area (Å²) in [5.74, 6) is -1.04. The third kappa shape index (κ3) is 5.51. The molecule has 0 radical (unpaired) electrons. The van der Waals surface area contributed by atoms with Crippen LogP contribution in [0.5, 0.6) is 5.75 Å². The molecule has 35 heavy (non-hydrogen) atoms. The van der Waals surface area contributed by atoms with Gasteiger partial charge in [-0.15, -0.1) is 5.10 Å². The Balaban J connectivity index is 1.98. The number of nitrogens with zero attached hydrogens (tertiary/aromatic N) is 3. The van der Waals surface area contributed by atoms with E-state index in [1.807, 2.05) is 0 Å². The number of ether oxygens (including phenoxy) is 1. The molecule has 3 rings (SSSR count). The van der Waals surface area contributed by atoms with Gasteiger partial charge in [0.2, 0.25) is 0 Å². The SMILES string of the molecule is COc1ccc(-n2nnc(C(=O)NS(=O)(=O)c3cc(C(F)(F)F)cc(C(F)(F)F)c3)c2C)c(Cl)c1. The highest BCUT2D eigenvalue weighted by Gasteiger charge is 2.38. The summed E-state index contributed by atoms with van der Waals surface area (Å²) in [5.41, 5.74) is -4.09. The number of sulfonamides is 1. The van der Waals surface area contributed by atoms with Crippen LogP contribution in [0.3, 0.4) is 0 Å². The summed E-state index contributed by atoms with van der Waals surface area (Å²) in [6, 6.07) is 4.11. The van der Waals surface area contributed by atoms with E-state index in [-0.39, 0.29) is 34.6 Å². The zero-order chi connectivity index (χ0) is 26.3. The lowest BCUT2D eigenvalue weighted by molar-refractivity contribution is -0.143. The molecule has 1 N–H and O–H groups in total. The maximum Gasteiger partial charge on any atom is 0.416 e. The van der Waals surface area contributed by atoms with Crippen molar-refractivity contribution >= 4 is 27.5 Å². The minimum absolute atomic E-state index is 0.0221. The van der Waals surface area contributed by atoms with E-state index in [1.165, 1.54) is 37.0 Å². The molecule has 0 aliphatic carbocycles. The number of methoxy groups -OCH3 is 1. The van der Waals surface area contributed by atoms with Crippen molar-refractivity contribution in [2.24, 2.45) is 0 Å². The molecule has 0 saturated heterocycles. The number of carbonyl (C=O) groups excluding carboxylic acids is 1. The lowest BCUT2D eigenvalue weighted by Gasteiger charge is -2.14. The van der Waals surface area contributed by atoms with Crippen molar-refractivity contribution in [2.45, 2.75) is 24.2 Å². The van der Waals surface area contributed by atoms with Crippen molar-refractivity contribution in [1.82, 2.24) is 19.7 Å². The summed E-state index contributed by atoms with van der Waals surface area (Å²) < 4.78 is 111. The molecule has 0 bridgehead atoms. The standard InChI is InChI=1S/C19H13ClF6N4O4S/c1-9-16(27-29-30(9)15-4-3-12(34-2)8-14(15)20)17(31)28-35(32,33)13-6-10(18(21,22)23)5-11(7-13)19(24,25)26/h3-8H,1-2H3,(H,28,31). The maximum atomic E-state index is 13.1. The first-order valence-corrected chi connectivity index (χ1v) is 11.0. The first kappa shape index (κ1) is 26.3. The molecule has 0 atom stereocenters. The van der Waals surface area contributed by atoms with Crippen molar-refractivity contribution < 1.29 is 44.3 Å². The maximum absolute atomic E-state index is 13.1. The Morgan fingerprint density at radius 1 is 1.03 bits per heavy atom. The molecular weight excluding hydrogens is 530 g/mol. The van der Waals surface area contributed by atoms with Gasteiger partial charge in [0.15, 0.2) is 5.69 Å². The van der Waals surface area contributed by atoms with Crippen LogP contribution in [0.4, 0.5) is 26.3 Å². The lowest BCUT2D eigenvalue weighted by Crippen LogP contribution is -2.32. The number of halogens is 7. The van der Waals surface area contributed by atoms with Crippen LogP contribution in [0.15, 0.2) is 41.3 Å². The van der Waals surface area contributed by atoms with Crippen LogP contribution in [0.1, 0.15) is 27.3 Å². The minimum atomic E-state index is -5.29. The summed E-state index contributed by atoms with van der Waals surface area (Å²) >= 11 is 6.14. The molecule has 0 spiro atoms. The highest BCUT2D eigenvalue weighted by atomic mass is 35.5. The largest absolute Gasteiger partial charge is 0.497 e. The molecule has 188 valence electrons. The van der Waals surface area contributed by atoms with E-state index in [4.69, 9.17) is 16.3 Å². The van der Waals surface area contributed by atoms with E-state index in [1.54, 1.807) is 0 Å². The second-order valence-corrected chi connectivity index (χ2v) is 9.02. The number of amides is 1. The molecule has 0 aliphatic rings. The summed E-state index contributed by atoms with van der Waals surface area (Å²) in [7, 11) is -3.78. The van der Waals surface area contributed by atoms with Gasteiger partial charge in [0.25, 0.3) is 15.9 Å². The molecular formula is C19H13ClF6N4O4S. The number of carbonyl (C=O) groups is 1.